The molecule has 2 amide bonds. The summed E-state index contributed by atoms with van der Waals surface area (Å²) in [6.45, 7) is 4.75. The highest BCUT2D eigenvalue weighted by atomic mass is 16.5. The Morgan fingerprint density at radius 3 is 2.48 bits per heavy atom. The fourth-order valence-electron chi connectivity index (χ4n) is 3.88. The first-order valence-corrected chi connectivity index (χ1v) is 9.55. The van der Waals surface area contributed by atoms with Gasteiger partial charge in [0.1, 0.15) is 5.75 Å². The maximum absolute atomic E-state index is 12.8. The minimum absolute atomic E-state index is 0.115. The van der Waals surface area contributed by atoms with Crippen molar-refractivity contribution in [1.29, 1.82) is 0 Å². The number of nitrogens with one attached hydrogen (secondary N) is 1. The SMILES string of the molecule is CC(C)Oc1ccc(NC(=O)c2cc3c4c(c2)CCC(=O)N4CCC3)cc1. The van der Waals surface area contributed by atoms with Crippen LogP contribution >= 0.6 is 0 Å². The molecule has 0 spiro atoms. The highest BCUT2D eigenvalue weighted by molar-refractivity contribution is 6.06. The van der Waals surface area contributed by atoms with Gasteiger partial charge in [0.2, 0.25) is 5.91 Å². The van der Waals surface area contributed by atoms with E-state index in [0.29, 0.717) is 18.4 Å². The minimum atomic E-state index is -0.124. The number of aryl methyl sites for hydroxylation is 2. The highest BCUT2D eigenvalue weighted by Crippen LogP contribution is 2.36. The van der Waals surface area contributed by atoms with Crippen molar-refractivity contribution in [2.24, 2.45) is 0 Å². The molecule has 0 aromatic heterocycles. The Bertz CT molecular complexity index is 870. The van der Waals surface area contributed by atoms with Gasteiger partial charge in [-0.05, 0) is 80.6 Å². The summed E-state index contributed by atoms with van der Waals surface area (Å²) < 4.78 is 5.63. The van der Waals surface area contributed by atoms with Gasteiger partial charge >= 0.3 is 0 Å². The summed E-state index contributed by atoms with van der Waals surface area (Å²) in [5.41, 5.74) is 4.65. The molecular weight excluding hydrogens is 340 g/mol. The van der Waals surface area contributed by atoms with Gasteiger partial charge in [-0.25, -0.2) is 0 Å². The van der Waals surface area contributed by atoms with Crippen LogP contribution in [0.4, 0.5) is 11.4 Å². The van der Waals surface area contributed by atoms with Crippen LogP contribution in [0.1, 0.15) is 48.2 Å². The number of rotatable bonds is 4. The van der Waals surface area contributed by atoms with E-state index < -0.39 is 0 Å². The van der Waals surface area contributed by atoms with Gasteiger partial charge in [-0.2, -0.15) is 0 Å². The Hall–Kier alpha value is -2.82. The Balaban J connectivity index is 1.55. The zero-order valence-electron chi connectivity index (χ0n) is 15.7. The van der Waals surface area contributed by atoms with Crippen LogP contribution in [-0.4, -0.2) is 24.5 Å². The second-order valence-electron chi connectivity index (χ2n) is 7.44. The summed E-state index contributed by atoms with van der Waals surface area (Å²) >= 11 is 0. The maximum atomic E-state index is 12.8. The molecule has 4 rings (SSSR count). The van der Waals surface area contributed by atoms with Crippen molar-refractivity contribution in [2.75, 3.05) is 16.8 Å². The molecule has 0 saturated carbocycles. The van der Waals surface area contributed by atoms with Crippen molar-refractivity contribution in [3.63, 3.8) is 0 Å². The number of nitrogens with zero attached hydrogens (tertiary/aromatic N) is 1. The maximum Gasteiger partial charge on any atom is 0.255 e. The predicted octanol–water partition coefficient (Wildman–Crippen LogP) is 3.95. The molecule has 0 radical (unpaired) electrons. The van der Waals surface area contributed by atoms with Gasteiger partial charge in [0, 0.05) is 24.2 Å². The zero-order valence-corrected chi connectivity index (χ0v) is 15.7. The number of carbonyl (C=O) groups excluding carboxylic acids is 2. The summed E-state index contributed by atoms with van der Waals surface area (Å²) in [5, 5.41) is 2.96. The van der Waals surface area contributed by atoms with Gasteiger partial charge in [-0.1, -0.05) is 0 Å². The van der Waals surface area contributed by atoms with Crippen molar-refractivity contribution in [3.05, 3.63) is 53.1 Å². The van der Waals surface area contributed by atoms with Gasteiger partial charge in [0.05, 0.1) is 11.8 Å². The van der Waals surface area contributed by atoms with E-state index in [1.807, 2.05) is 55.1 Å². The van der Waals surface area contributed by atoms with Crippen LogP contribution in [0, 0.1) is 0 Å². The molecule has 5 heteroatoms. The second-order valence-corrected chi connectivity index (χ2v) is 7.44. The van der Waals surface area contributed by atoms with Crippen molar-refractivity contribution >= 4 is 23.2 Å². The molecule has 2 aliphatic rings. The van der Waals surface area contributed by atoms with Crippen molar-refractivity contribution in [2.45, 2.75) is 45.6 Å². The van der Waals surface area contributed by atoms with E-state index in [0.717, 1.165) is 47.6 Å². The molecule has 2 aromatic carbocycles. The van der Waals surface area contributed by atoms with Crippen LogP contribution in [0.2, 0.25) is 0 Å². The van der Waals surface area contributed by atoms with Crippen LogP contribution in [0.3, 0.4) is 0 Å². The van der Waals surface area contributed by atoms with E-state index in [-0.39, 0.29) is 17.9 Å². The third kappa shape index (κ3) is 3.54. The summed E-state index contributed by atoms with van der Waals surface area (Å²) in [5.74, 6) is 0.857. The van der Waals surface area contributed by atoms with Crippen LogP contribution in [0.25, 0.3) is 0 Å². The number of anilines is 2. The molecule has 2 aromatic rings. The topological polar surface area (TPSA) is 58.6 Å². The Kier molecular flexibility index (Phi) is 4.60. The molecule has 0 bridgehead atoms. The van der Waals surface area contributed by atoms with Crippen LogP contribution in [0.15, 0.2) is 36.4 Å². The average molecular weight is 364 g/mol. The largest absolute Gasteiger partial charge is 0.491 e. The summed E-state index contributed by atoms with van der Waals surface area (Å²) in [4.78, 5) is 26.8. The molecule has 2 aliphatic heterocycles. The Labute approximate surface area is 159 Å². The second kappa shape index (κ2) is 7.06. The first-order valence-electron chi connectivity index (χ1n) is 9.55. The van der Waals surface area contributed by atoms with E-state index in [9.17, 15) is 9.59 Å². The normalized spacial score (nSPS) is 15.5. The third-order valence-corrected chi connectivity index (χ3v) is 5.02. The average Bonchev–Trinajstić information content (AvgIpc) is 2.65. The summed E-state index contributed by atoms with van der Waals surface area (Å²) in [7, 11) is 0. The number of hydrogen-bond acceptors (Lipinski definition) is 3. The quantitative estimate of drug-likeness (QED) is 0.894. The number of ether oxygens (including phenoxy) is 1. The molecule has 140 valence electrons. The first-order chi connectivity index (χ1) is 13.0. The summed E-state index contributed by atoms with van der Waals surface area (Å²) in [6, 6.07) is 11.3. The van der Waals surface area contributed by atoms with Crippen molar-refractivity contribution in [3.8, 4) is 5.75 Å². The Morgan fingerprint density at radius 1 is 1.07 bits per heavy atom. The predicted molar refractivity (Wildman–Crippen MR) is 106 cm³/mol. The number of hydrogen-bond donors (Lipinski definition) is 1. The molecule has 0 saturated heterocycles. The molecule has 2 heterocycles. The fraction of sp³-hybridized carbons (Fsp3) is 0.364. The number of amides is 2. The van der Waals surface area contributed by atoms with Crippen LogP contribution in [0.5, 0.6) is 5.75 Å². The van der Waals surface area contributed by atoms with Gasteiger partial charge in [-0.15, -0.1) is 0 Å². The van der Waals surface area contributed by atoms with Gasteiger partial charge in [-0.3, -0.25) is 9.59 Å². The molecule has 0 atom stereocenters. The van der Waals surface area contributed by atoms with Gasteiger partial charge < -0.3 is 15.0 Å². The number of carbonyl (C=O) groups is 2. The molecule has 0 aliphatic carbocycles. The molecule has 1 N–H and O–H groups in total. The first kappa shape index (κ1) is 17.6. The molecule has 0 fully saturated rings. The van der Waals surface area contributed by atoms with E-state index in [4.69, 9.17) is 4.74 Å². The lowest BCUT2D eigenvalue weighted by molar-refractivity contribution is -0.119. The van der Waals surface area contributed by atoms with E-state index in [2.05, 4.69) is 5.32 Å². The van der Waals surface area contributed by atoms with Crippen molar-refractivity contribution < 1.29 is 14.3 Å². The van der Waals surface area contributed by atoms with E-state index in [1.54, 1.807) is 0 Å². The van der Waals surface area contributed by atoms with Crippen LogP contribution < -0.4 is 15.0 Å². The number of benzene rings is 2. The molecular formula is C22H24N2O3. The standard InChI is InChI=1S/C22H24N2O3/c1-14(2)27-19-8-6-18(7-9-19)23-22(26)17-12-15-4-3-11-24-20(25)10-5-16(13-17)21(15)24/h6-9,12-14H,3-5,10-11H2,1-2H3,(H,23,26). The smallest absolute Gasteiger partial charge is 0.255 e. The molecule has 27 heavy (non-hydrogen) atoms. The minimum Gasteiger partial charge on any atom is -0.491 e. The van der Waals surface area contributed by atoms with Crippen molar-refractivity contribution in [1.82, 2.24) is 0 Å². The molecule has 5 nitrogen and oxygen atoms in total. The monoisotopic (exact) mass is 364 g/mol. The van der Waals surface area contributed by atoms with Crippen LogP contribution in [-0.2, 0) is 17.6 Å². The highest BCUT2D eigenvalue weighted by Gasteiger charge is 2.30. The molecule has 0 unspecified atom stereocenters. The lowest BCUT2D eigenvalue weighted by atomic mass is 9.89. The zero-order chi connectivity index (χ0) is 19.0. The fourth-order valence-corrected chi connectivity index (χ4v) is 3.88. The van der Waals surface area contributed by atoms with Gasteiger partial charge in [0.15, 0.2) is 0 Å². The van der Waals surface area contributed by atoms with E-state index >= 15 is 0 Å². The Morgan fingerprint density at radius 2 is 1.78 bits per heavy atom. The van der Waals surface area contributed by atoms with Gasteiger partial charge in [0.25, 0.3) is 5.91 Å². The lowest BCUT2D eigenvalue weighted by Gasteiger charge is -2.35. The van der Waals surface area contributed by atoms with E-state index in [1.165, 1.54) is 0 Å². The summed E-state index contributed by atoms with van der Waals surface area (Å²) in [6.07, 6.45) is 3.20. The third-order valence-electron chi connectivity index (χ3n) is 5.02. The lowest BCUT2D eigenvalue weighted by Crippen LogP contribution is -2.39.